The lowest BCUT2D eigenvalue weighted by Gasteiger charge is -2.18. The molecule has 2 aromatic carbocycles. The van der Waals surface area contributed by atoms with Gasteiger partial charge in [0, 0.05) is 5.02 Å². The van der Waals surface area contributed by atoms with E-state index in [-0.39, 0.29) is 10.6 Å². The van der Waals surface area contributed by atoms with Crippen molar-refractivity contribution in [3.63, 3.8) is 0 Å². The smallest absolute Gasteiger partial charge is 0.416 e. The van der Waals surface area contributed by atoms with Gasteiger partial charge in [-0.25, -0.2) is 0 Å². The average molecular weight is 329 g/mol. The molecule has 1 atom stereocenters. The predicted molar refractivity (Wildman–Crippen MR) is 76.8 cm³/mol. The second kappa shape index (κ2) is 6.40. The molecule has 0 fully saturated rings. The number of hydrogen-bond donors (Lipinski definition) is 0. The van der Waals surface area contributed by atoms with Crippen LogP contribution >= 0.6 is 11.6 Å². The van der Waals surface area contributed by atoms with E-state index in [0.717, 1.165) is 18.2 Å². The Morgan fingerprint density at radius 3 is 2.32 bits per heavy atom. The molecule has 0 aliphatic rings. The summed E-state index contributed by atoms with van der Waals surface area (Å²) >= 11 is 6.02. The number of ether oxygens (including phenoxy) is 1. The van der Waals surface area contributed by atoms with Crippen LogP contribution in [0.25, 0.3) is 0 Å². The van der Waals surface area contributed by atoms with Gasteiger partial charge in [0.05, 0.1) is 12.7 Å². The summed E-state index contributed by atoms with van der Waals surface area (Å²) in [6.45, 7) is 0. The fourth-order valence-electron chi connectivity index (χ4n) is 2.15. The third-order valence-electron chi connectivity index (χ3n) is 3.20. The largest absolute Gasteiger partial charge is 0.468 e. The lowest BCUT2D eigenvalue weighted by molar-refractivity contribution is -0.142. The number of halogens is 4. The van der Waals surface area contributed by atoms with Crippen LogP contribution in [0.2, 0.25) is 5.02 Å². The average Bonchev–Trinajstić information content (AvgIpc) is 2.49. The summed E-state index contributed by atoms with van der Waals surface area (Å²) in [4.78, 5) is 12.1. The third-order valence-corrected chi connectivity index (χ3v) is 3.55. The zero-order valence-electron chi connectivity index (χ0n) is 11.5. The second-order valence-electron chi connectivity index (χ2n) is 4.60. The Hall–Kier alpha value is -2.01. The number of benzene rings is 2. The maximum absolute atomic E-state index is 12.9. The third kappa shape index (κ3) is 3.42. The maximum Gasteiger partial charge on any atom is 0.416 e. The molecule has 2 rings (SSSR count). The van der Waals surface area contributed by atoms with Gasteiger partial charge in [0.25, 0.3) is 0 Å². The van der Waals surface area contributed by atoms with Gasteiger partial charge >= 0.3 is 12.1 Å². The normalized spacial score (nSPS) is 12.8. The van der Waals surface area contributed by atoms with Gasteiger partial charge in [-0.15, -0.1) is 0 Å². The minimum Gasteiger partial charge on any atom is -0.468 e. The van der Waals surface area contributed by atoms with Crippen LogP contribution in [0.1, 0.15) is 22.6 Å². The number of carbonyl (C=O) groups excluding carboxylic acids is 1. The van der Waals surface area contributed by atoms with Gasteiger partial charge in [0.2, 0.25) is 0 Å². The molecule has 2 nitrogen and oxygen atoms in total. The molecule has 0 bridgehead atoms. The van der Waals surface area contributed by atoms with Gasteiger partial charge in [-0.3, -0.25) is 4.79 Å². The van der Waals surface area contributed by atoms with Crippen LogP contribution in [0, 0.1) is 0 Å². The summed E-state index contributed by atoms with van der Waals surface area (Å²) in [7, 11) is 1.18. The molecule has 1 unspecified atom stereocenters. The Kier molecular flexibility index (Phi) is 4.76. The summed E-state index contributed by atoms with van der Waals surface area (Å²) in [6, 6.07) is 11.3. The van der Waals surface area contributed by atoms with Gasteiger partial charge in [0.15, 0.2) is 0 Å². The molecule has 0 saturated carbocycles. The highest BCUT2D eigenvalue weighted by molar-refractivity contribution is 6.31. The minimum absolute atomic E-state index is 0.0644. The van der Waals surface area contributed by atoms with Crippen molar-refractivity contribution in [2.24, 2.45) is 0 Å². The first-order valence-corrected chi connectivity index (χ1v) is 6.72. The molecule has 116 valence electrons. The lowest BCUT2D eigenvalue weighted by atomic mass is 9.90. The highest BCUT2D eigenvalue weighted by Gasteiger charge is 2.33. The summed E-state index contributed by atoms with van der Waals surface area (Å²) in [6.07, 6.45) is -4.52. The van der Waals surface area contributed by atoms with E-state index in [1.54, 1.807) is 30.3 Å². The molecule has 0 N–H and O–H groups in total. The molecular formula is C16H12ClF3O2. The fourth-order valence-corrected chi connectivity index (χ4v) is 2.37. The van der Waals surface area contributed by atoms with Gasteiger partial charge in [0.1, 0.15) is 5.92 Å². The first kappa shape index (κ1) is 16.4. The summed E-state index contributed by atoms with van der Waals surface area (Å²) < 4.78 is 43.4. The van der Waals surface area contributed by atoms with E-state index in [4.69, 9.17) is 16.3 Å². The van der Waals surface area contributed by atoms with Crippen LogP contribution in [0.4, 0.5) is 13.2 Å². The quantitative estimate of drug-likeness (QED) is 0.766. The standard InChI is InChI=1S/C16H12ClF3O2/c1-22-15(21)14(10-5-3-2-4-6-10)12-9-11(16(18,19)20)7-8-13(12)17/h2-9,14H,1H3. The van der Waals surface area contributed by atoms with E-state index in [1.807, 2.05) is 0 Å². The molecule has 0 radical (unpaired) electrons. The Morgan fingerprint density at radius 2 is 1.77 bits per heavy atom. The van der Waals surface area contributed by atoms with E-state index in [9.17, 15) is 18.0 Å². The topological polar surface area (TPSA) is 26.3 Å². The van der Waals surface area contributed by atoms with Crippen LogP contribution in [0.3, 0.4) is 0 Å². The number of rotatable bonds is 3. The molecule has 0 spiro atoms. The van der Waals surface area contributed by atoms with Crippen molar-refractivity contribution in [1.29, 1.82) is 0 Å². The van der Waals surface area contributed by atoms with Gasteiger partial charge < -0.3 is 4.74 Å². The van der Waals surface area contributed by atoms with E-state index in [0.29, 0.717) is 5.56 Å². The number of hydrogen-bond acceptors (Lipinski definition) is 2. The molecule has 6 heteroatoms. The van der Waals surface area contributed by atoms with Crippen molar-refractivity contribution in [1.82, 2.24) is 0 Å². The zero-order chi connectivity index (χ0) is 16.3. The molecule has 0 aliphatic carbocycles. The first-order chi connectivity index (χ1) is 10.3. The Bertz CT molecular complexity index is 669. The number of methoxy groups -OCH3 is 1. The van der Waals surface area contributed by atoms with Gasteiger partial charge in [-0.05, 0) is 29.3 Å². The molecule has 22 heavy (non-hydrogen) atoms. The van der Waals surface area contributed by atoms with E-state index in [1.165, 1.54) is 7.11 Å². The van der Waals surface area contributed by atoms with Gasteiger partial charge in [-0.1, -0.05) is 41.9 Å². The SMILES string of the molecule is COC(=O)C(c1ccccc1)c1cc(C(F)(F)F)ccc1Cl. The molecule has 0 aliphatic heterocycles. The zero-order valence-corrected chi connectivity index (χ0v) is 12.3. The summed E-state index contributed by atoms with van der Waals surface area (Å²) in [5, 5.41) is 0.0762. The van der Waals surface area contributed by atoms with Crippen LogP contribution < -0.4 is 0 Å². The van der Waals surface area contributed by atoms with Crippen molar-refractivity contribution < 1.29 is 22.7 Å². The Balaban J connectivity index is 2.60. The fraction of sp³-hybridized carbons (Fsp3) is 0.188. The monoisotopic (exact) mass is 328 g/mol. The highest BCUT2D eigenvalue weighted by atomic mass is 35.5. The summed E-state index contributed by atoms with van der Waals surface area (Å²) in [5.41, 5.74) is -0.290. The number of alkyl halides is 3. The van der Waals surface area contributed by atoms with E-state index >= 15 is 0 Å². The molecule has 0 saturated heterocycles. The van der Waals surface area contributed by atoms with Crippen LogP contribution in [-0.4, -0.2) is 13.1 Å². The van der Waals surface area contributed by atoms with Crippen LogP contribution in [-0.2, 0) is 15.7 Å². The molecule has 0 heterocycles. The van der Waals surface area contributed by atoms with E-state index in [2.05, 4.69) is 0 Å². The molecule has 0 aromatic heterocycles. The van der Waals surface area contributed by atoms with Crippen molar-refractivity contribution in [3.05, 3.63) is 70.2 Å². The maximum atomic E-state index is 12.9. The van der Waals surface area contributed by atoms with Crippen LogP contribution in [0.15, 0.2) is 48.5 Å². The number of carbonyl (C=O) groups is 1. The van der Waals surface area contributed by atoms with Gasteiger partial charge in [-0.2, -0.15) is 13.2 Å². The second-order valence-corrected chi connectivity index (χ2v) is 5.01. The molecule has 2 aromatic rings. The lowest BCUT2D eigenvalue weighted by Crippen LogP contribution is -2.17. The van der Waals surface area contributed by atoms with Crippen LogP contribution in [0.5, 0.6) is 0 Å². The Morgan fingerprint density at radius 1 is 1.14 bits per heavy atom. The highest BCUT2D eigenvalue weighted by Crippen LogP contribution is 2.37. The Labute approximate surface area is 130 Å². The summed E-state index contributed by atoms with van der Waals surface area (Å²) in [5.74, 6) is -1.69. The van der Waals surface area contributed by atoms with Crippen molar-refractivity contribution in [2.75, 3.05) is 7.11 Å². The van der Waals surface area contributed by atoms with Crippen molar-refractivity contribution >= 4 is 17.6 Å². The first-order valence-electron chi connectivity index (χ1n) is 6.34. The van der Waals surface area contributed by atoms with Crippen molar-refractivity contribution in [3.8, 4) is 0 Å². The molecule has 0 amide bonds. The van der Waals surface area contributed by atoms with E-state index < -0.39 is 23.6 Å². The predicted octanol–water partition coefficient (Wildman–Crippen LogP) is 4.66. The molecular weight excluding hydrogens is 317 g/mol. The minimum atomic E-state index is -4.52. The number of esters is 1. The van der Waals surface area contributed by atoms with Crippen molar-refractivity contribution in [2.45, 2.75) is 12.1 Å².